The number of nitrogens with zero attached hydrogens (tertiary/aromatic N) is 3. The van der Waals surface area contributed by atoms with Crippen molar-refractivity contribution in [2.24, 2.45) is 4.99 Å². The normalized spacial score (nSPS) is 18.0. The second kappa shape index (κ2) is 8.49. The van der Waals surface area contributed by atoms with Crippen molar-refractivity contribution >= 4 is 35.6 Å². The summed E-state index contributed by atoms with van der Waals surface area (Å²) >= 11 is 0. The molecule has 1 aliphatic rings. The zero-order chi connectivity index (χ0) is 15.4. The molecule has 1 atom stereocenters. The lowest BCUT2D eigenvalue weighted by Gasteiger charge is -2.14. The number of pyridine rings is 1. The van der Waals surface area contributed by atoms with Crippen LogP contribution in [0.25, 0.3) is 5.65 Å². The van der Waals surface area contributed by atoms with Crippen molar-refractivity contribution < 1.29 is 4.74 Å². The van der Waals surface area contributed by atoms with Gasteiger partial charge in [-0.2, -0.15) is 0 Å². The summed E-state index contributed by atoms with van der Waals surface area (Å²) in [6.07, 6.45) is 4.64. The molecule has 1 fully saturated rings. The first kappa shape index (κ1) is 18.0. The van der Waals surface area contributed by atoms with Crippen molar-refractivity contribution in [2.75, 3.05) is 20.2 Å². The van der Waals surface area contributed by atoms with E-state index in [1.807, 2.05) is 12.1 Å². The standard InChI is InChI=1S/C16H23N5O.HI/c1-12-5-3-7-15-20-13(11-21(12)15)9-18-16(17-2)19-10-14-6-4-8-22-14;/h3,5,7,11,14H,4,6,8-10H2,1-2H3,(H2,17,18,19);1H. The Morgan fingerprint density at radius 2 is 2.30 bits per heavy atom. The Labute approximate surface area is 153 Å². The first-order valence-electron chi connectivity index (χ1n) is 7.76. The molecule has 0 aliphatic carbocycles. The Kier molecular flexibility index (Phi) is 6.64. The van der Waals surface area contributed by atoms with E-state index in [-0.39, 0.29) is 24.0 Å². The SMILES string of the molecule is CN=C(NCc1cn2c(C)cccc2n1)NCC1CCCO1.I. The van der Waals surface area contributed by atoms with E-state index in [0.717, 1.165) is 43.3 Å². The van der Waals surface area contributed by atoms with Crippen LogP contribution < -0.4 is 10.6 Å². The molecule has 126 valence electrons. The summed E-state index contributed by atoms with van der Waals surface area (Å²) in [7, 11) is 1.78. The van der Waals surface area contributed by atoms with Gasteiger partial charge in [0.05, 0.1) is 18.3 Å². The number of rotatable bonds is 4. The van der Waals surface area contributed by atoms with Crippen molar-refractivity contribution in [2.45, 2.75) is 32.4 Å². The Morgan fingerprint density at radius 1 is 1.43 bits per heavy atom. The van der Waals surface area contributed by atoms with Gasteiger partial charge in [-0.25, -0.2) is 4.98 Å². The van der Waals surface area contributed by atoms with Gasteiger partial charge in [-0.3, -0.25) is 4.99 Å². The maximum absolute atomic E-state index is 5.60. The molecule has 7 heteroatoms. The van der Waals surface area contributed by atoms with Crippen molar-refractivity contribution in [1.82, 2.24) is 20.0 Å². The summed E-state index contributed by atoms with van der Waals surface area (Å²) in [5.41, 5.74) is 3.14. The molecule has 2 N–H and O–H groups in total. The van der Waals surface area contributed by atoms with Crippen LogP contribution in [-0.4, -0.2) is 41.6 Å². The maximum atomic E-state index is 5.60. The van der Waals surface area contributed by atoms with E-state index in [1.165, 1.54) is 5.69 Å². The van der Waals surface area contributed by atoms with E-state index in [0.29, 0.717) is 12.6 Å². The van der Waals surface area contributed by atoms with E-state index >= 15 is 0 Å². The van der Waals surface area contributed by atoms with Gasteiger partial charge in [0.25, 0.3) is 0 Å². The number of aromatic nitrogens is 2. The fourth-order valence-corrected chi connectivity index (χ4v) is 2.69. The van der Waals surface area contributed by atoms with Gasteiger partial charge < -0.3 is 19.8 Å². The maximum Gasteiger partial charge on any atom is 0.191 e. The predicted octanol–water partition coefficient (Wildman–Crippen LogP) is 2.10. The van der Waals surface area contributed by atoms with Crippen LogP contribution in [0.5, 0.6) is 0 Å². The van der Waals surface area contributed by atoms with Crippen LogP contribution in [0.2, 0.25) is 0 Å². The minimum absolute atomic E-state index is 0. The number of imidazole rings is 1. The smallest absolute Gasteiger partial charge is 0.191 e. The number of ether oxygens (including phenoxy) is 1. The molecule has 6 nitrogen and oxygen atoms in total. The minimum atomic E-state index is 0. The van der Waals surface area contributed by atoms with E-state index < -0.39 is 0 Å². The molecule has 0 aromatic carbocycles. The van der Waals surface area contributed by atoms with Crippen molar-refractivity contribution in [3.63, 3.8) is 0 Å². The molecular weight excluding hydrogens is 405 g/mol. The number of halogens is 1. The lowest BCUT2D eigenvalue weighted by Crippen LogP contribution is -2.40. The third-order valence-electron chi connectivity index (χ3n) is 3.93. The molecular formula is C16H24IN5O. The number of aliphatic imine (C=N–C) groups is 1. The number of nitrogens with one attached hydrogen (secondary N) is 2. The van der Waals surface area contributed by atoms with Gasteiger partial charge >= 0.3 is 0 Å². The quantitative estimate of drug-likeness (QED) is 0.444. The van der Waals surface area contributed by atoms with Gasteiger partial charge in [-0.05, 0) is 31.9 Å². The highest BCUT2D eigenvalue weighted by atomic mass is 127. The monoisotopic (exact) mass is 429 g/mol. The number of aryl methyl sites for hydroxylation is 1. The van der Waals surface area contributed by atoms with Crippen LogP contribution >= 0.6 is 24.0 Å². The van der Waals surface area contributed by atoms with Gasteiger partial charge in [0, 0.05) is 32.1 Å². The molecule has 2 aromatic rings. The first-order valence-corrected chi connectivity index (χ1v) is 7.76. The van der Waals surface area contributed by atoms with Crippen LogP contribution in [0.4, 0.5) is 0 Å². The Bertz CT molecular complexity index is 664. The molecule has 1 unspecified atom stereocenters. The topological polar surface area (TPSA) is 63.0 Å². The molecule has 0 radical (unpaired) electrons. The molecule has 23 heavy (non-hydrogen) atoms. The second-order valence-corrected chi connectivity index (χ2v) is 5.57. The zero-order valence-electron chi connectivity index (χ0n) is 13.6. The number of fused-ring (bicyclic) bond motifs is 1. The van der Waals surface area contributed by atoms with E-state index in [2.05, 4.69) is 44.2 Å². The summed E-state index contributed by atoms with van der Waals surface area (Å²) in [4.78, 5) is 8.85. The van der Waals surface area contributed by atoms with E-state index in [1.54, 1.807) is 7.05 Å². The average molecular weight is 429 g/mol. The van der Waals surface area contributed by atoms with Crippen molar-refractivity contribution in [3.05, 3.63) is 35.8 Å². The molecule has 0 spiro atoms. The molecule has 1 aliphatic heterocycles. The third kappa shape index (κ3) is 4.57. The molecule has 0 amide bonds. The molecule has 3 heterocycles. The van der Waals surface area contributed by atoms with E-state index in [9.17, 15) is 0 Å². The summed E-state index contributed by atoms with van der Waals surface area (Å²) in [6, 6.07) is 6.12. The van der Waals surface area contributed by atoms with Gasteiger partial charge in [0.1, 0.15) is 5.65 Å². The van der Waals surface area contributed by atoms with Crippen LogP contribution in [0, 0.1) is 6.92 Å². The third-order valence-corrected chi connectivity index (χ3v) is 3.93. The highest BCUT2D eigenvalue weighted by Gasteiger charge is 2.15. The fraction of sp³-hybridized carbons (Fsp3) is 0.500. The van der Waals surface area contributed by atoms with Gasteiger partial charge in [-0.15, -0.1) is 24.0 Å². The number of hydrogen-bond acceptors (Lipinski definition) is 3. The molecule has 2 aromatic heterocycles. The lowest BCUT2D eigenvalue weighted by atomic mass is 10.2. The molecule has 0 bridgehead atoms. The second-order valence-electron chi connectivity index (χ2n) is 5.57. The van der Waals surface area contributed by atoms with Crippen molar-refractivity contribution in [3.8, 4) is 0 Å². The first-order chi connectivity index (χ1) is 10.8. The highest BCUT2D eigenvalue weighted by Crippen LogP contribution is 2.10. The Balaban J connectivity index is 0.00000192. The Hall–Kier alpha value is -1.35. The Morgan fingerprint density at radius 3 is 3.00 bits per heavy atom. The van der Waals surface area contributed by atoms with Crippen LogP contribution in [-0.2, 0) is 11.3 Å². The van der Waals surface area contributed by atoms with Gasteiger partial charge in [0.2, 0.25) is 0 Å². The van der Waals surface area contributed by atoms with Crippen molar-refractivity contribution in [1.29, 1.82) is 0 Å². The zero-order valence-corrected chi connectivity index (χ0v) is 15.9. The highest BCUT2D eigenvalue weighted by molar-refractivity contribution is 14.0. The summed E-state index contributed by atoms with van der Waals surface area (Å²) < 4.78 is 7.70. The summed E-state index contributed by atoms with van der Waals surface area (Å²) in [5, 5.41) is 6.60. The lowest BCUT2D eigenvalue weighted by molar-refractivity contribution is 0.114. The predicted molar refractivity (Wildman–Crippen MR) is 103 cm³/mol. The van der Waals surface area contributed by atoms with E-state index in [4.69, 9.17) is 4.74 Å². The van der Waals surface area contributed by atoms with Crippen LogP contribution in [0.3, 0.4) is 0 Å². The average Bonchev–Trinajstić information content (AvgIpc) is 3.17. The fourth-order valence-electron chi connectivity index (χ4n) is 2.69. The largest absolute Gasteiger partial charge is 0.376 e. The number of hydrogen-bond donors (Lipinski definition) is 2. The van der Waals surface area contributed by atoms with Gasteiger partial charge in [-0.1, -0.05) is 6.07 Å². The number of guanidine groups is 1. The van der Waals surface area contributed by atoms with Crippen LogP contribution in [0.1, 0.15) is 24.2 Å². The van der Waals surface area contributed by atoms with Crippen LogP contribution in [0.15, 0.2) is 29.4 Å². The molecule has 1 saturated heterocycles. The van der Waals surface area contributed by atoms with Gasteiger partial charge in [0.15, 0.2) is 5.96 Å². The molecule has 3 rings (SSSR count). The summed E-state index contributed by atoms with van der Waals surface area (Å²) in [6.45, 7) is 4.39. The summed E-state index contributed by atoms with van der Waals surface area (Å²) in [5.74, 6) is 0.782. The molecule has 0 saturated carbocycles. The minimum Gasteiger partial charge on any atom is -0.376 e.